The van der Waals surface area contributed by atoms with Crippen molar-refractivity contribution < 1.29 is 9.32 Å². The van der Waals surface area contributed by atoms with E-state index in [2.05, 4.69) is 40.5 Å². The molecule has 4 aromatic rings. The van der Waals surface area contributed by atoms with Gasteiger partial charge in [0, 0.05) is 37.0 Å². The van der Waals surface area contributed by atoms with Crippen LogP contribution in [-0.2, 0) is 11.2 Å². The van der Waals surface area contributed by atoms with Crippen LogP contribution in [0, 0.1) is 12.8 Å². The average Bonchev–Trinajstić information content (AvgIpc) is 3.49. The third-order valence-corrected chi connectivity index (χ3v) is 5.80. The molecule has 10 heteroatoms. The second-order valence-corrected chi connectivity index (χ2v) is 7.91. The van der Waals surface area contributed by atoms with Crippen LogP contribution >= 0.6 is 0 Å². The molecule has 32 heavy (non-hydrogen) atoms. The second kappa shape index (κ2) is 8.37. The number of piperidine rings is 1. The number of carbonyl (C=O) groups is 1. The third kappa shape index (κ3) is 3.79. The Balaban J connectivity index is 1.30. The highest BCUT2D eigenvalue weighted by Gasteiger charge is 2.28. The topological polar surface area (TPSA) is 126 Å². The van der Waals surface area contributed by atoms with Crippen molar-refractivity contribution in [3.63, 3.8) is 0 Å². The SMILES string of the molecule is CCc1noc(-c2cnc(C)nc2N2CCC(C(=O)Nc3cccc4cn[nH]c34)CC2)n1. The Labute approximate surface area is 184 Å². The Kier molecular flexibility index (Phi) is 5.26. The van der Waals surface area contributed by atoms with E-state index < -0.39 is 0 Å². The van der Waals surface area contributed by atoms with E-state index >= 15 is 0 Å². The summed E-state index contributed by atoms with van der Waals surface area (Å²) in [5.41, 5.74) is 2.31. The Bertz CT molecular complexity index is 1260. The summed E-state index contributed by atoms with van der Waals surface area (Å²) in [7, 11) is 0. The fraction of sp³-hybridized carbons (Fsp3) is 0.364. The van der Waals surface area contributed by atoms with Crippen LogP contribution in [0.3, 0.4) is 0 Å². The Morgan fingerprint density at radius 3 is 2.88 bits per heavy atom. The summed E-state index contributed by atoms with van der Waals surface area (Å²) >= 11 is 0. The zero-order valence-corrected chi connectivity index (χ0v) is 18.0. The van der Waals surface area contributed by atoms with Gasteiger partial charge in [-0.15, -0.1) is 0 Å². The number of fused-ring (bicyclic) bond motifs is 1. The molecule has 5 rings (SSSR count). The number of benzene rings is 1. The molecule has 1 saturated heterocycles. The highest BCUT2D eigenvalue weighted by atomic mass is 16.5. The van der Waals surface area contributed by atoms with Crippen LogP contribution in [0.1, 0.15) is 31.4 Å². The van der Waals surface area contributed by atoms with E-state index in [-0.39, 0.29) is 11.8 Å². The molecule has 2 N–H and O–H groups in total. The van der Waals surface area contributed by atoms with Gasteiger partial charge in [-0.25, -0.2) is 9.97 Å². The number of anilines is 2. The molecule has 1 aliphatic rings. The van der Waals surface area contributed by atoms with Gasteiger partial charge in [-0.05, 0) is 25.8 Å². The van der Waals surface area contributed by atoms with Gasteiger partial charge in [0.1, 0.15) is 17.2 Å². The van der Waals surface area contributed by atoms with Crippen LogP contribution in [-0.4, -0.2) is 49.3 Å². The summed E-state index contributed by atoms with van der Waals surface area (Å²) < 4.78 is 5.43. The molecule has 4 heterocycles. The number of hydrogen-bond donors (Lipinski definition) is 2. The minimum atomic E-state index is -0.0779. The summed E-state index contributed by atoms with van der Waals surface area (Å²) in [6.07, 6.45) is 5.61. The van der Waals surface area contributed by atoms with E-state index in [1.54, 1.807) is 12.4 Å². The number of aryl methyl sites for hydroxylation is 2. The predicted octanol–water partition coefficient (Wildman–Crippen LogP) is 3.13. The molecular weight excluding hydrogens is 408 g/mol. The van der Waals surface area contributed by atoms with Crippen molar-refractivity contribution in [3.05, 3.63) is 42.2 Å². The lowest BCUT2D eigenvalue weighted by Crippen LogP contribution is -2.39. The van der Waals surface area contributed by atoms with Crippen LogP contribution < -0.4 is 10.2 Å². The minimum Gasteiger partial charge on any atom is -0.356 e. The fourth-order valence-corrected chi connectivity index (χ4v) is 4.02. The van der Waals surface area contributed by atoms with Crippen molar-refractivity contribution in [2.24, 2.45) is 5.92 Å². The van der Waals surface area contributed by atoms with Gasteiger partial charge in [0.05, 0.1) is 17.4 Å². The van der Waals surface area contributed by atoms with Crippen molar-refractivity contribution in [1.82, 2.24) is 30.3 Å². The molecule has 3 aromatic heterocycles. The molecule has 10 nitrogen and oxygen atoms in total. The summed E-state index contributed by atoms with van der Waals surface area (Å²) in [6, 6.07) is 5.76. The van der Waals surface area contributed by atoms with Crippen molar-refractivity contribution in [3.8, 4) is 11.5 Å². The van der Waals surface area contributed by atoms with Gasteiger partial charge in [-0.1, -0.05) is 24.2 Å². The maximum Gasteiger partial charge on any atom is 0.263 e. The summed E-state index contributed by atoms with van der Waals surface area (Å²) in [6.45, 7) is 5.23. The van der Waals surface area contributed by atoms with Gasteiger partial charge in [0.15, 0.2) is 5.82 Å². The zero-order chi connectivity index (χ0) is 22.1. The quantitative estimate of drug-likeness (QED) is 0.493. The van der Waals surface area contributed by atoms with Crippen molar-refractivity contribution in [2.75, 3.05) is 23.3 Å². The molecule has 1 fully saturated rings. The molecule has 1 aromatic carbocycles. The van der Waals surface area contributed by atoms with Crippen LogP contribution in [0.2, 0.25) is 0 Å². The molecule has 0 spiro atoms. The first-order chi connectivity index (χ1) is 15.6. The maximum absolute atomic E-state index is 12.9. The van der Waals surface area contributed by atoms with E-state index in [4.69, 9.17) is 4.52 Å². The lowest BCUT2D eigenvalue weighted by atomic mass is 9.95. The monoisotopic (exact) mass is 432 g/mol. The molecule has 1 amide bonds. The fourth-order valence-electron chi connectivity index (χ4n) is 4.02. The molecule has 1 aliphatic heterocycles. The van der Waals surface area contributed by atoms with Crippen LogP contribution in [0.5, 0.6) is 0 Å². The number of rotatable bonds is 5. The molecule has 164 valence electrons. The molecule has 0 atom stereocenters. The molecule has 0 radical (unpaired) electrons. The number of carbonyl (C=O) groups excluding carboxylic acids is 1. The van der Waals surface area contributed by atoms with Crippen LogP contribution in [0.15, 0.2) is 35.1 Å². The standard InChI is InChI=1S/C22H24N8O2/c1-3-18-27-22(32-29-18)16-12-23-13(2)25-20(16)30-9-7-14(8-10-30)21(31)26-17-6-4-5-15-11-24-28-19(15)17/h4-6,11-12,14H,3,7-10H2,1-2H3,(H,24,28)(H,26,31). The Morgan fingerprint density at radius 2 is 2.09 bits per heavy atom. The number of amides is 1. The average molecular weight is 432 g/mol. The molecule has 0 saturated carbocycles. The van der Waals surface area contributed by atoms with Gasteiger partial charge >= 0.3 is 0 Å². The second-order valence-electron chi connectivity index (χ2n) is 7.91. The number of H-pyrrole nitrogens is 1. The molecular formula is C22H24N8O2. The lowest BCUT2D eigenvalue weighted by Gasteiger charge is -2.32. The highest BCUT2D eigenvalue weighted by Crippen LogP contribution is 2.31. The van der Waals surface area contributed by atoms with Crippen LogP contribution in [0.4, 0.5) is 11.5 Å². The van der Waals surface area contributed by atoms with Crippen molar-refractivity contribution >= 4 is 28.3 Å². The molecule has 0 bridgehead atoms. The largest absolute Gasteiger partial charge is 0.356 e. The third-order valence-electron chi connectivity index (χ3n) is 5.80. The predicted molar refractivity (Wildman–Crippen MR) is 119 cm³/mol. The van der Waals surface area contributed by atoms with Gasteiger partial charge in [-0.2, -0.15) is 10.1 Å². The van der Waals surface area contributed by atoms with Crippen molar-refractivity contribution in [2.45, 2.75) is 33.1 Å². The van der Waals surface area contributed by atoms with Gasteiger partial charge in [0.25, 0.3) is 5.89 Å². The first-order valence-electron chi connectivity index (χ1n) is 10.8. The van der Waals surface area contributed by atoms with Gasteiger partial charge in [-0.3, -0.25) is 9.89 Å². The van der Waals surface area contributed by atoms with E-state index in [0.29, 0.717) is 37.0 Å². The highest BCUT2D eigenvalue weighted by molar-refractivity contribution is 6.01. The minimum absolute atomic E-state index is 0.0235. The first kappa shape index (κ1) is 20.1. The molecule has 0 aliphatic carbocycles. The van der Waals surface area contributed by atoms with Crippen molar-refractivity contribution in [1.29, 1.82) is 0 Å². The van der Waals surface area contributed by atoms with E-state index in [1.165, 1.54) is 0 Å². The van der Waals surface area contributed by atoms with Gasteiger partial charge in [0.2, 0.25) is 5.91 Å². The smallest absolute Gasteiger partial charge is 0.263 e. The van der Waals surface area contributed by atoms with Crippen LogP contribution in [0.25, 0.3) is 22.4 Å². The number of hydrogen-bond acceptors (Lipinski definition) is 8. The number of nitrogens with one attached hydrogen (secondary N) is 2. The summed E-state index contributed by atoms with van der Waals surface area (Å²) in [4.78, 5) is 28.5. The normalized spacial score (nSPS) is 14.8. The number of para-hydroxylation sites is 1. The Morgan fingerprint density at radius 1 is 1.25 bits per heavy atom. The number of nitrogens with zero attached hydrogens (tertiary/aromatic N) is 6. The maximum atomic E-state index is 12.9. The summed E-state index contributed by atoms with van der Waals surface area (Å²) in [5, 5.41) is 15.0. The van der Waals surface area contributed by atoms with E-state index in [0.717, 1.165) is 40.8 Å². The lowest BCUT2D eigenvalue weighted by molar-refractivity contribution is -0.120. The van der Waals surface area contributed by atoms with Gasteiger partial charge < -0.3 is 14.7 Å². The number of aromatic nitrogens is 6. The number of aromatic amines is 1. The Hall–Kier alpha value is -3.82. The first-order valence-corrected chi connectivity index (χ1v) is 10.8. The van der Waals surface area contributed by atoms with E-state index in [9.17, 15) is 4.79 Å². The molecule has 0 unspecified atom stereocenters. The summed E-state index contributed by atoms with van der Waals surface area (Å²) in [5.74, 6) is 2.45. The van der Waals surface area contributed by atoms with E-state index in [1.807, 2.05) is 32.0 Å². The zero-order valence-electron chi connectivity index (χ0n) is 18.0.